The number of rotatable bonds is 5. The zero-order valence-electron chi connectivity index (χ0n) is 13.5. The largest absolute Gasteiger partial charge is 0.255 e. The summed E-state index contributed by atoms with van der Waals surface area (Å²) in [6.07, 6.45) is 0. The third-order valence-corrected chi connectivity index (χ3v) is 7.22. The van der Waals surface area contributed by atoms with Crippen molar-refractivity contribution in [3.63, 3.8) is 0 Å². The molecule has 0 aliphatic rings. The minimum atomic E-state index is -4.28. The van der Waals surface area contributed by atoms with Gasteiger partial charge in [-0.25, -0.2) is 16.8 Å². The zero-order valence-corrected chi connectivity index (χ0v) is 15.9. The van der Waals surface area contributed by atoms with Crippen molar-refractivity contribution in [1.29, 1.82) is 0 Å². The van der Waals surface area contributed by atoms with Gasteiger partial charge in [0, 0.05) is 0 Å². The molecule has 0 saturated heterocycles. The van der Waals surface area contributed by atoms with Crippen LogP contribution >= 0.6 is 11.6 Å². The fourth-order valence-electron chi connectivity index (χ4n) is 2.44. The van der Waals surface area contributed by atoms with Gasteiger partial charge in [0.05, 0.1) is 10.8 Å². The lowest BCUT2D eigenvalue weighted by Gasteiger charge is -2.10. The van der Waals surface area contributed by atoms with Crippen LogP contribution in [0.1, 0.15) is 22.3 Å². The van der Waals surface area contributed by atoms with E-state index in [4.69, 9.17) is 11.6 Å². The van der Waals surface area contributed by atoms with Crippen molar-refractivity contribution in [3.05, 3.63) is 63.7 Å². The first kappa shape index (κ1) is 18.9. The number of benzene rings is 2. The first-order chi connectivity index (χ1) is 11.0. The SMILES string of the molecule is Cc1cc(C)cc(CS(=O)(=O)NS(=O)(=O)c2ccc(C)cc2Cl)c1. The van der Waals surface area contributed by atoms with Crippen LogP contribution in [0.2, 0.25) is 5.02 Å². The third-order valence-electron chi connectivity index (χ3n) is 3.25. The fraction of sp³-hybridized carbons (Fsp3) is 0.250. The quantitative estimate of drug-likeness (QED) is 0.854. The molecule has 2 aromatic rings. The van der Waals surface area contributed by atoms with Crippen molar-refractivity contribution in [1.82, 2.24) is 4.13 Å². The smallest absolute Gasteiger partial charge is 0.211 e. The standard InChI is InChI=1S/C16H18ClNO4S2/c1-11-4-5-16(15(17)9-11)24(21,22)18-23(19,20)10-14-7-12(2)6-13(3)8-14/h4-9,18H,10H2,1-3H3. The minimum absolute atomic E-state index is 0.0240. The molecule has 0 atom stereocenters. The van der Waals surface area contributed by atoms with Gasteiger partial charge in [-0.05, 0) is 44.0 Å². The van der Waals surface area contributed by atoms with E-state index in [1.54, 1.807) is 29.3 Å². The van der Waals surface area contributed by atoms with Crippen LogP contribution in [0, 0.1) is 20.8 Å². The second-order valence-electron chi connectivity index (χ2n) is 5.78. The average Bonchev–Trinajstić information content (AvgIpc) is 2.33. The van der Waals surface area contributed by atoms with Crippen LogP contribution in [0.4, 0.5) is 0 Å². The molecular formula is C16H18ClNO4S2. The molecule has 5 nitrogen and oxygen atoms in total. The molecule has 0 radical (unpaired) electrons. The van der Waals surface area contributed by atoms with Crippen molar-refractivity contribution in [2.45, 2.75) is 31.4 Å². The van der Waals surface area contributed by atoms with Crippen molar-refractivity contribution in [2.24, 2.45) is 0 Å². The van der Waals surface area contributed by atoms with Crippen LogP contribution in [0.25, 0.3) is 0 Å². The summed E-state index contributed by atoms with van der Waals surface area (Å²) in [4.78, 5) is -0.265. The predicted octanol–water partition coefficient (Wildman–Crippen LogP) is 3.07. The highest BCUT2D eigenvalue weighted by Crippen LogP contribution is 2.23. The third kappa shape index (κ3) is 4.80. The number of aryl methyl sites for hydroxylation is 3. The Morgan fingerprint density at radius 2 is 1.46 bits per heavy atom. The van der Waals surface area contributed by atoms with Gasteiger partial charge in [-0.1, -0.05) is 47.0 Å². The van der Waals surface area contributed by atoms with Crippen LogP contribution in [-0.4, -0.2) is 16.8 Å². The van der Waals surface area contributed by atoms with E-state index in [2.05, 4.69) is 0 Å². The number of hydrogen-bond acceptors (Lipinski definition) is 4. The highest BCUT2D eigenvalue weighted by Gasteiger charge is 2.25. The van der Waals surface area contributed by atoms with Gasteiger partial charge in [0.2, 0.25) is 10.0 Å². The predicted molar refractivity (Wildman–Crippen MR) is 95.1 cm³/mol. The molecule has 0 bridgehead atoms. The number of nitrogens with one attached hydrogen (secondary N) is 1. The molecule has 0 aromatic heterocycles. The maximum atomic E-state index is 12.3. The van der Waals surface area contributed by atoms with E-state index in [-0.39, 0.29) is 9.92 Å². The maximum absolute atomic E-state index is 12.3. The van der Waals surface area contributed by atoms with Gasteiger partial charge in [-0.3, -0.25) is 0 Å². The average molecular weight is 388 g/mol. The Bertz CT molecular complexity index is 963. The zero-order chi connectivity index (χ0) is 18.1. The molecule has 0 fully saturated rings. The van der Waals surface area contributed by atoms with Crippen LogP contribution in [0.5, 0.6) is 0 Å². The van der Waals surface area contributed by atoms with Gasteiger partial charge in [0.1, 0.15) is 4.90 Å². The summed E-state index contributed by atoms with van der Waals surface area (Å²) in [6, 6.07) is 9.62. The Morgan fingerprint density at radius 3 is 2.00 bits per heavy atom. The number of halogens is 1. The highest BCUT2D eigenvalue weighted by atomic mass is 35.5. The molecule has 0 aliphatic heterocycles. The number of hydrogen-bond donors (Lipinski definition) is 1. The summed E-state index contributed by atoms with van der Waals surface area (Å²) < 4.78 is 50.9. The van der Waals surface area contributed by atoms with E-state index in [1.807, 2.05) is 19.9 Å². The molecule has 24 heavy (non-hydrogen) atoms. The monoisotopic (exact) mass is 387 g/mol. The van der Waals surface area contributed by atoms with Gasteiger partial charge in [-0.2, -0.15) is 0 Å². The molecule has 8 heteroatoms. The van der Waals surface area contributed by atoms with E-state index in [0.29, 0.717) is 5.56 Å². The van der Waals surface area contributed by atoms with Crippen LogP contribution in [0.15, 0.2) is 41.3 Å². The van der Waals surface area contributed by atoms with Gasteiger partial charge < -0.3 is 0 Å². The Balaban J connectivity index is 2.30. The lowest BCUT2D eigenvalue weighted by Crippen LogP contribution is -2.32. The van der Waals surface area contributed by atoms with Crippen molar-refractivity contribution in [3.8, 4) is 0 Å². The minimum Gasteiger partial charge on any atom is -0.211 e. The maximum Gasteiger partial charge on any atom is 0.255 e. The van der Waals surface area contributed by atoms with Crippen molar-refractivity contribution >= 4 is 31.6 Å². The van der Waals surface area contributed by atoms with Crippen molar-refractivity contribution in [2.75, 3.05) is 0 Å². The van der Waals surface area contributed by atoms with Crippen LogP contribution in [0.3, 0.4) is 0 Å². The molecule has 0 saturated carbocycles. The first-order valence-electron chi connectivity index (χ1n) is 7.08. The summed E-state index contributed by atoms with van der Waals surface area (Å²) in [5.74, 6) is -0.432. The van der Waals surface area contributed by atoms with E-state index < -0.39 is 25.8 Å². The van der Waals surface area contributed by atoms with Gasteiger partial charge >= 0.3 is 0 Å². The lowest BCUT2D eigenvalue weighted by atomic mass is 10.1. The highest BCUT2D eigenvalue weighted by molar-refractivity contribution is 8.04. The van der Waals surface area contributed by atoms with Gasteiger partial charge in [0.25, 0.3) is 10.0 Å². The second-order valence-corrected chi connectivity index (χ2v) is 9.81. The molecule has 2 rings (SSSR count). The van der Waals surface area contributed by atoms with E-state index in [0.717, 1.165) is 16.7 Å². The molecule has 130 valence electrons. The topological polar surface area (TPSA) is 80.3 Å². The fourth-order valence-corrected chi connectivity index (χ4v) is 6.08. The van der Waals surface area contributed by atoms with Crippen LogP contribution < -0.4 is 4.13 Å². The summed E-state index contributed by atoms with van der Waals surface area (Å²) in [5, 5.41) is -0.0240. The van der Waals surface area contributed by atoms with E-state index in [9.17, 15) is 16.8 Å². The number of sulfonamides is 2. The molecule has 1 N–H and O–H groups in total. The summed E-state index contributed by atoms with van der Waals surface area (Å²) in [5.41, 5.74) is 3.11. The molecule has 0 unspecified atom stereocenters. The molecule has 0 aliphatic carbocycles. The molecule has 2 aromatic carbocycles. The summed E-state index contributed by atoms with van der Waals surface area (Å²) >= 11 is 5.93. The van der Waals surface area contributed by atoms with Crippen molar-refractivity contribution < 1.29 is 16.8 Å². The second kappa shape index (κ2) is 6.84. The first-order valence-corrected chi connectivity index (χ1v) is 10.6. The normalized spacial score (nSPS) is 12.3. The van der Waals surface area contributed by atoms with Crippen LogP contribution in [-0.2, 0) is 25.8 Å². The van der Waals surface area contributed by atoms with E-state index >= 15 is 0 Å². The molecular weight excluding hydrogens is 370 g/mol. The Kier molecular flexibility index (Phi) is 5.39. The van der Waals surface area contributed by atoms with E-state index in [1.165, 1.54) is 12.1 Å². The Hall–Kier alpha value is -1.41. The molecule has 0 heterocycles. The Morgan fingerprint density at radius 1 is 0.875 bits per heavy atom. The summed E-state index contributed by atoms with van der Waals surface area (Å²) in [6.45, 7) is 5.45. The summed E-state index contributed by atoms with van der Waals surface area (Å²) in [7, 11) is -8.37. The van der Waals surface area contributed by atoms with Gasteiger partial charge in [-0.15, -0.1) is 4.13 Å². The lowest BCUT2D eigenvalue weighted by molar-refractivity contribution is 0.576. The Labute approximate surface area is 147 Å². The molecule has 0 spiro atoms. The molecule has 0 amide bonds. The van der Waals surface area contributed by atoms with Gasteiger partial charge in [0.15, 0.2) is 0 Å².